The first-order chi connectivity index (χ1) is 13.2. The van der Waals surface area contributed by atoms with Gasteiger partial charge in [-0.2, -0.15) is 0 Å². The Balaban J connectivity index is 1.46. The zero-order chi connectivity index (χ0) is 19.1. The fourth-order valence-electron chi connectivity index (χ4n) is 4.24. The molecule has 0 bridgehead atoms. The number of hydrogen-bond acceptors (Lipinski definition) is 3. The SMILES string of the molecule is CCCN1CCC(NC(=O)[C@H]2CCCN(C(=O)Cc3ccccc3)C2)CC1. The molecular weight excluding hydrogens is 338 g/mol. The number of hydrogen-bond donors (Lipinski definition) is 1. The molecule has 5 nitrogen and oxygen atoms in total. The van der Waals surface area contributed by atoms with Gasteiger partial charge in [-0.1, -0.05) is 37.3 Å². The third-order valence-electron chi connectivity index (χ3n) is 5.82. The lowest BCUT2D eigenvalue weighted by Crippen LogP contribution is -2.50. The minimum Gasteiger partial charge on any atom is -0.353 e. The molecule has 1 N–H and O–H groups in total. The topological polar surface area (TPSA) is 52.7 Å². The van der Waals surface area contributed by atoms with Crippen molar-refractivity contribution in [3.63, 3.8) is 0 Å². The molecule has 2 heterocycles. The first-order valence-electron chi connectivity index (χ1n) is 10.5. The highest BCUT2D eigenvalue weighted by Gasteiger charge is 2.30. The summed E-state index contributed by atoms with van der Waals surface area (Å²) in [6.45, 7) is 6.84. The highest BCUT2D eigenvalue weighted by atomic mass is 16.2. The first kappa shape index (κ1) is 19.9. The van der Waals surface area contributed by atoms with Crippen LogP contribution < -0.4 is 5.32 Å². The largest absolute Gasteiger partial charge is 0.353 e. The van der Waals surface area contributed by atoms with E-state index in [1.165, 1.54) is 6.42 Å². The number of carbonyl (C=O) groups is 2. The molecule has 2 fully saturated rings. The van der Waals surface area contributed by atoms with E-state index in [1.54, 1.807) is 0 Å². The zero-order valence-electron chi connectivity index (χ0n) is 16.5. The number of rotatable bonds is 6. The molecule has 2 saturated heterocycles. The quantitative estimate of drug-likeness (QED) is 0.836. The van der Waals surface area contributed by atoms with E-state index in [2.05, 4.69) is 17.1 Å². The summed E-state index contributed by atoms with van der Waals surface area (Å²) in [6, 6.07) is 10.1. The van der Waals surface area contributed by atoms with E-state index in [0.29, 0.717) is 19.0 Å². The normalized spacial score (nSPS) is 21.8. The summed E-state index contributed by atoms with van der Waals surface area (Å²) in [4.78, 5) is 29.7. The summed E-state index contributed by atoms with van der Waals surface area (Å²) in [5, 5.41) is 3.26. The molecule has 27 heavy (non-hydrogen) atoms. The summed E-state index contributed by atoms with van der Waals surface area (Å²) < 4.78 is 0. The minimum absolute atomic E-state index is 0.0628. The molecule has 148 valence electrons. The van der Waals surface area contributed by atoms with E-state index >= 15 is 0 Å². The zero-order valence-corrected chi connectivity index (χ0v) is 16.5. The van der Waals surface area contributed by atoms with Crippen LogP contribution in [0.25, 0.3) is 0 Å². The van der Waals surface area contributed by atoms with Gasteiger partial charge in [-0.05, 0) is 44.2 Å². The van der Waals surface area contributed by atoms with Crippen LogP contribution in [0.2, 0.25) is 0 Å². The van der Waals surface area contributed by atoms with Crippen molar-refractivity contribution in [2.45, 2.75) is 51.5 Å². The second kappa shape index (κ2) is 9.88. The van der Waals surface area contributed by atoms with Gasteiger partial charge in [0.25, 0.3) is 0 Å². The van der Waals surface area contributed by atoms with Gasteiger partial charge in [-0.25, -0.2) is 0 Å². The van der Waals surface area contributed by atoms with Crippen molar-refractivity contribution in [3.05, 3.63) is 35.9 Å². The van der Waals surface area contributed by atoms with Gasteiger partial charge in [0.05, 0.1) is 12.3 Å². The van der Waals surface area contributed by atoms with Crippen molar-refractivity contribution in [1.29, 1.82) is 0 Å². The Kier molecular flexibility index (Phi) is 7.27. The average Bonchev–Trinajstić information content (AvgIpc) is 2.70. The van der Waals surface area contributed by atoms with E-state index in [9.17, 15) is 9.59 Å². The second-order valence-corrected chi connectivity index (χ2v) is 7.97. The highest BCUT2D eigenvalue weighted by Crippen LogP contribution is 2.19. The number of piperidine rings is 2. The van der Waals surface area contributed by atoms with Crippen molar-refractivity contribution in [1.82, 2.24) is 15.1 Å². The summed E-state index contributed by atoms with van der Waals surface area (Å²) >= 11 is 0. The Morgan fingerprint density at radius 3 is 2.52 bits per heavy atom. The molecule has 0 unspecified atom stereocenters. The predicted octanol–water partition coefficient (Wildman–Crippen LogP) is 2.46. The standard InChI is InChI=1S/C22H33N3O2/c1-2-12-24-14-10-20(11-15-24)23-22(27)19-9-6-13-25(17-19)21(26)16-18-7-4-3-5-8-18/h3-5,7-8,19-20H,2,6,9-17H2,1H3,(H,23,27)/t19-/m0/s1. The molecule has 1 aromatic carbocycles. The molecule has 0 aromatic heterocycles. The lowest BCUT2D eigenvalue weighted by molar-refractivity contribution is -0.135. The number of nitrogens with zero attached hydrogens (tertiary/aromatic N) is 2. The van der Waals surface area contributed by atoms with Gasteiger partial charge < -0.3 is 15.1 Å². The highest BCUT2D eigenvalue weighted by molar-refractivity contribution is 5.82. The molecule has 3 rings (SSSR count). The van der Waals surface area contributed by atoms with E-state index in [0.717, 1.165) is 57.4 Å². The second-order valence-electron chi connectivity index (χ2n) is 7.97. The molecule has 1 atom stereocenters. The lowest BCUT2D eigenvalue weighted by atomic mass is 9.95. The van der Waals surface area contributed by atoms with Crippen LogP contribution in [-0.2, 0) is 16.0 Å². The molecule has 0 spiro atoms. The van der Waals surface area contributed by atoms with Gasteiger partial charge >= 0.3 is 0 Å². The molecular formula is C22H33N3O2. The fraction of sp³-hybridized carbons (Fsp3) is 0.636. The van der Waals surface area contributed by atoms with Crippen molar-refractivity contribution >= 4 is 11.8 Å². The van der Waals surface area contributed by atoms with Crippen molar-refractivity contribution in [2.75, 3.05) is 32.7 Å². The molecule has 2 amide bonds. The van der Waals surface area contributed by atoms with Crippen LogP contribution in [0.4, 0.5) is 0 Å². The summed E-state index contributed by atoms with van der Waals surface area (Å²) in [5.74, 6) is 0.208. The van der Waals surface area contributed by atoms with Gasteiger partial charge in [0.1, 0.15) is 0 Å². The fourth-order valence-corrected chi connectivity index (χ4v) is 4.24. The van der Waals surface area contributed by atoms with E-state index in [4.69, 9.17) is 0 Å². The number of benzene rings is 1. The number of carbonyl (C=O) groups excluding carboxylic acids is 2. The van der Waals surface area contributed by atoms with Crippen LogP contribution >= 0.6 is 0 Å². The van der Waals surface area contributed by atoms with Gasteiger partial charge in [-0.3, -0.25) is 9.59 Å². The maximum Gasteiger partial charge on any atom is 0.227 e. The van der Waals surface area contributed by atoms with Crippen LogP contribution in [0.15, 0.2) is 30.3 Å². The molecule has 2 aliphatic rings. The Labute approximate surface area is 163 Å². The lowest BCUT2D eigenvalue weighted by Gasteiger charge is -2.35. The third kappa shape index (κ3) is 5.80. The summed E-state index contributed by atoms with van der Waals surface area (Å²) in [6.07, 6.45) is 5.48. The van der Waals surface area contributed by atoms with Crippen molar-refractivity contribution in [3.8, 4) is 0 Å². The number of amides is 2. The third-order valence-corrected chi connectivity index (χ3v) is 5.82. The van der Waals surface area contributed by atoms with E-state index in [-0.39, 0.29) is 17.7 Å². The van der Waals surface area contributed by atoms with Gasteiger partial charge in [0.15, 0.2) is 0 Å². The van der Waals surface area contributed by atoms with Crippen LogP contribution in [0.3, 0.4) is 0 Å². The molecule has 1 aromatic rings. The number of nitrogens with one attached hydrogen (secondary N) is 1. The number of likely N-dealkylation sites (tertiary alicyclic amines) is 2. The molecule has 0 saturated carbocycles. The molecule has 0 radical (unpaired) electrons. The monoisotopic (exact) mass is 371 g/mol. The Morgan fingerprint density at radius 2 is 1.81 bits per heavy atom. The van der Waals surface area contributed by atoms with Gasteiger partial charge in [0.2, 0.25) is 11.8 Å². The minimum atomic E-state index is -0.0628. The Bertz CT molecular complexity index is 611. The van der Waals surface area contributed by atoms with Gasteiger partial charge in [0, 0.05) is 32.2 Å². The van der Waals surface area contributed by atoms with Crippen LogP contribution in [-0.4, -0.2) is 60.4 Å². The predicted molar refractivity (Wildman–Crippen MR) is 107 cm³/mol. The van der Waals surface area contributed by atoms with Crippen LogP contribution in [0.5, 0.6) is 0 Å². The average molecular weight is 372 g/mol. The van der Waals surface area contributed by atoms with Crippen LogP contribution in [0, 0.1) is 5.92 Å². The molecule has 2 aliphatic heterocycles. The smallest absolute Gasteiger partial charge is 0.227 e. The summed E-state index contributed by atoms with van der Waals surface area (Å²) in [7, 11) is 0. The Morgan fingerprint density at radius 1 is 1.07 bits per heavy atom. The van der Waals surface area contributed by atoms with Gasteiger partial charge in [-0.15, -0.1) is 0 Å². The maximum atomic E-state index is 12.7. The van der Waals surface area contributed by atoms with Crippen molar-refractivity contribution in [2.24, 2.45) is 5.92 Å². The van der Waals surface area contributed by atoms with Crippen molar-refractivity contribution < 1.29 is 9.59 Å². The first-order valence-corrected chi connectivity index (χ1v) is 10.5. The summed E-state index contributed by atoms with van der Waals surface area (Å²) in [5.41, 5.74) is 1.04. The molecule has 0 aliphatic carbocycles. The van der Waals surface area contributed by atoms with E-state index in [1.807, 2.05) is 35.2 Å². The molecule has 5 heteroatoms. The maximum absolute atomic E-state index is 12.7. The Hall–Kier alpha value is -1.88. The van der Waals surface area contributed by atoms with Crippen LogP contribution in [0.1, 0.15) is 44.6 Å². The van der Waals surface area contributed by atoms with E-state index < -0.39 is 0 Å².